The third-order valence-electron chi connectivity index (χ3n) is 4.64. The second kappa shape index (κ2) is 10.5. The predicted molar refractivity (Wildman–Crippen MR) is 132 cm³/mol. The molecule has 0 saturated carbocycles. The smallest absolute Gasteiger partial charge is 0.435 e. The van der Waals surface area contributed by atoms with E-state index in [1.807, 2.05) is 0 Å². The van der Waals surface area contributed by atoms with Crippen LogP contribution in [0.3, 0.4) is 0 Å². The van der Waals surface area contributed by atoms with E-state index in [0.717, 1.165) is 4.68 Å². The highest BCUT2D eigenvalue weighted by Crippen LogP contribution is 2.35. The Bertz CT molecular complexity index is 1330. The van der Waals surface area contributed by atoms with E-state index < -0.39 is 35.8 Å². The molecule has 9 nitrogen and oxygen atoms in total. The van der Waals surface area contributed by atoms with Crippen molar-refractivity contribution in [3.63, 3.8) is 0 Å². The first-order valence-electron chi connectivity index (χ1n) is 10.6. The number of ketones is 2. The van der Waals surface area contributed by atoms with Gasteiger partial charge in [0, 0.05) is 23.1 Å². The minimum atomic E-state index is -0.742. The Kier molecular flexibility index (Phi) is 7.82. The van der Waals surface area contributed by atoms with Gasteiger partial charge in [0.1, 0.15) is 16.4 Å². The van der Waals surface area contributed by atoms with Crippen molar-refractivity contribution in [3.05, 3.63) is 52.1 Å². The number of Topliss-reactive ketones (excluding diaryl/α,β-unsaturated/α-hetero) is 2. The number of ether oxygens (including phenoxy) is 2. The second-order valence-electron chi connectivity index (χ2n) is 8.49. The van der Waals surface area contributed by atoms with Crippen molar-refractivity contribution in [3.8, 4) is 5.75 Å². The van der Waals surface area contributed by atoms with Gasteiger partial charge in [0.25, 0.3) is 5.91 Å². The zero-order valence-electron chi connectivity index (χ0n) is 19.5. The number of halogens is 2. The summed E-state index contributed by atoms with van der Waals surface area (Å²) in [6.45, 7) is 6.45. The van der Waals surface area contributed by atoms with Gasteiger partial charge >= 0.3 is 6.09 Å². The van der Waals surface area contributed by atoms with E-state index in [0.29, 0.717) is 16.6 Å². The van der Waals surface area contributed by atoms with Crippen LogP contribution in [0, 0.1) is 0 Å². The van der Waals surface area contributed by atoms with Crippen LogP contribution in [0.15, 0.2) is 36.5 Å². The normalized spacial score (nSPS) is 11.3. The van der Waals surface area contributed by atoms with E-state index in [1.165, 1.54) is 18.3 Å². The van der Waals surface area contributed by atoms with Gasteiger partial charge in [-0.05, 0) is 51.1 Å². The van der Waals surface area contributed by atoms with Gasteiger partial charge in [0.15, 0.2) is 6.61 Å². The summed E-state index contributed by atoms with van der Waals surface area (Å²) in [4.78, 5) is 48.4. The van der Waals surface area contributed by atoms with Crippen LogP contribution in [-0.4, -0.2) is 45.6 Å². The first-order valence-corrected chi connectivity index (χ1v) is 11.4. The molecule has 0 aliphatic rings. The molecule has 0 aliphatic carbocycles. The van der Waals surface area contributed by atoms with E-state index >= 15 is 0 Å². The van der Waals surface area contributed by atoms with E-state index in [2.05, 4.69) is 10.4 Å². The summed E-state index contributed by atoms with van der Waals surface area (Å²) in [5.41, 5.74) is 0.281. The SMILES string of the molecule is CCC(=O)C(=O)c1ccc(OCC(=O)Nc2ccc3c(cnn3C(=O)OC(C)(C)C)c2)c(Cl)c1Cl. The summed E-state index contributed by atoms with van der Waals surface area (Å²) in [5, 5.41) is 7.15. The fourth-order valence-electron chi connectivity index (χ4n) is 3.03. The van der Waals surface area contributed by atoms with Crippen LogP contribution in [0.1, 0.15) is 44.5 Å². The quantitative estimate of drug-likeness (QED) is 0.332. The largest absolute Gasteiger partial charge is 0.482 e. The maximum Gasteiger partial charge on any atom is 0.435 e. The highest BCUT2D eigenvalue weighted by Gasteiger charge is 2.22. The highest BCUT2D eigenvalue weighted by atomic mass is 35.5. The maximum absolute atomic E-state index is 12.4. The number of benzene rings is 2. The van der Waals surface area contributed by atoms with E-state index in [-0.39, 0.29) is 27.8 Å². The zero-order valence-corrected chi connectivity index (χ0v) is 21.0. The molecule has 0 saturated heterocycles. The molecule has 1 amide bonds. The van der Waals surface area contributed by atoms with Crippen LogP contribution in [0.4, 0.5) is 10.5 Å². The summed E-state index contributed by atoms with van der Waals surface area (Å²) in [6.07, 6.45) is 0.915. The Labute approximate surface area is 211 Å². The van der Waals surface area contributed by atoms with Crippen molar-refractivity contribution in [1.29, 1.82) is 0 Å². The van der Waals surface area contributed by atoms with Crippen molar-refractivity contribution < 1.29 is 28.7 Å². The highest BCUT2D eigenvalue weighted by molar-refractivity contribution is 6.50. The number of aromatic nitrogens is 2. The van der Waals surface area contributed by atoms with Crippen LogP contribution in [0.25, 0.3) is 10.9 Å². The molecule has 3 aromatic rings. The summed E-state index contributed by atoms with van der Waals surface area (Å²) in [6, 6.07) is 7.59. The Hall–Kier alpha value is -3.43. The van der Waals surface area contributed by atoms with Crippen molar-refractivity contribution in [2.45, 2.75) is 39.7 Å². The lowest BCUT2D eigenvalue weighted by Crippen LogP contribution is -2.27. The fraction of sp³-hybridized carbons (Fsp3) is 0.292. The number of hydrogen-bond donors (Lipinski definition) is 1. The molecule has 3 rings (SSSR count). The van der Waals surface area contributed by atoms with E-state index in [9.17, 15) is 19.2 Å². The number of hydrogen-bond acceptors (Lipinski definition) is 7. The molecule has 0 unspecified atom stereocenters. The molecule has 2 aromatic carbocycles. The van der Waals surface area contributed by atoms with Gasteiger partial charge < -0.3 is 14.8 Å². The van der Waals surface area contributed by atoms with Gasteiger partial charge in [-0.15, -0.1) is 0 Å². The number of fused-ring (bicyclic) bond motifs is 1. The third kappa shape index (κ3) is 6.17. The molecule has 0 spiro atoms. The zero-order chi connectivity index (χ0) is 25.9. The lowest BCUT2D eigenvalue weighted by Gasteiger charge is -2.19. The summed E-state index contributed by atoms with van der Waals surface area (Å²) in [5.74, 6) is -1.74. The lowest BCUT2D eigenvalue weighted by atomic mass is 10.1. The van der Waals surface area contributed by atoms with Gasteiger partial charge in [-0.3, -0.25) is 14.4 Å². The van der Waals surface area contributed by atoms with Gasteiger partial charge in [-0.1, -0.05) is 30.1 Å². The van der Waals surface area contributed by atoms with Gasteiger partial charge in [0.05, 0.1) is 16.7 Å². The molecule has 184 valence electrons. The number of nitrogens with zero attached hydrogens (tertiary/aromatic N) is 2. The Morgan fingerprint density at radius 1 is 1.06 bits per heavy atom. The minimum Gasteiger partial charge on any atom is -0.482 e. The molecule has 1 aromatic heterocycles. The van der Waals surface area contributed by atoms with Gasteiger partial charge in [-0.25, -0.2) is 4.79 Å². The van der Waals surface area contributed by atoms with Crippen molar-refractivity contribution in [2.24, 2.45) is 0 Å². The Morgan fingerprint density at radius 3 is 2.43 bits per heavy atom. The molecule has 1 heterocycles. The molecule has 0 atom stereocenters. The van der Waals surface area contributed by atoms with E-state index in [1.54, 1.807) is 45.9 Å². The minimum absolute atomic E-state index is 0.0273. The number of rotatable bonds is 7. The van der Waals surface area contributed by atoms with Crippen molar-refractivity contribution in [1.82, 2.24) is 9.78 Å². The third-order valence-corrected chi connectivity index (χ3v) is 5.51. The van der Waals surface area contributed by atoms with Crippen molar-refractivity contribution >= 4 is 63.4 Å². The Balaban J connectivity index is 1.66. The number of carbonyl (C=O) groups is 4. The molecular weight excluding hydrogens is 497 g/mol. The number of amides is 1. The topological polar surface area (TPSA) is 117 Å². The van der Waals surface area contributed by atoms with Crippen LogP contribution in [0.5, 0.6) is 5.75 Å². The average Bonchev–Trinajstić information content (AvgIpc) is 3.21. The van der Waals surface area contributed by atoms with E-state index in [4.69, 9.17) is 32.7 Å². The summed E-state index contributed by atoms with van der Waals surface area (Å²) < 4.78 is 11.9. The summed E-state index contributed by atoms with van der Waals surface area (Å²) >= 11 is 12.3. The molecule has 0 aliphatic heterocycles. The summed E-state index contributed by atoms with van der Waals surface area (Å²) in [7, 11) is 0. The molecule has 1 N–H and O–H groups in total. The molecular formula is C24H23Cl2N3O6. The molecule has 11 heteroatoms. The molecule has 0 fully saturated rings. The average molecular weight is 520 g/mol. The molecule has 0 bridgehead atoms. The number of anilines is 1. The van der Waals surface area contributed by atoms with Gasteiger partial charge in [-0.2, -0.15) is 9.78 Å². The lowest BCUT2D eigenvalue weighted by molar-refractivity contribution is -0.118. The first-order chi connectivity index (χ1) is 16.4. The van der Waals surface area contributed by atoms with Crippen LogP contribution >= 0.6 is 23.2 Å². The number of nitrogens with one attached hydrogen (secondary N) is 1. The Morgan fingerprint density at radius 2 is 1.77 bits per heavy atom. The predicted octanol–water partition coefficient (Wildman–Crippen LogP) is 5.31. The van der Waals surface area contributed by atoms with Crippen LogP contribution in [-0.2, 0) is 14.3 Å². The van der Waals surface area contributed by atoms with Crippen LogP contribution < -0.4 is 10.1 Å². The monoisotopic (exact) mass is 519 g/mol. The number of carbonyl (C=O) groups excluding carboxylic acids is 4. The molecule has 0 radical (unpaired) electrons. The standard InChI is InChI=1S/C24H23Cl2N3O6/c1-5-17(30)22(32)15-7-9-18(21(26)20(15)25)34-12-19(31)28-14-6-8-16-13(10-14)11-27-29(16)23(33)35-24(2,3)4/h6-11H,5,12H2,1-4H3,(H,28,31). The van der Waals surface area contributed by atoms with Gasteiger partial charge in [0.2, 0.25) is 11.6 Å². The second-order valence-corrected chi connectivity index (χ2v) is 9.25. The fourth-order valence-corrected chi connectivity index (χ4v) is 3.49. The first kappa shape index (κ1) is 26.2. The van der Waals surface area contributed by atoms with Crippen LogP contribution in [0.2, 0.25) is 10.0 Å². The molecule has 35 heavy (non-hydrogen) atoms. The van der Waals surface area contributed by atoms with Crippen molar-refractivity contribution in [2.75, 3.05) is 11.9 Å². The maximum atomic E-state index is 12.4.